The summed E-state index contributed by atoms with van der Waals surface area (Å²) in [5.74, 6) is -0.218. The molecule has 1 aromatic heterocycles. The standard InChI is InChI=1S/C14H15FN2O2S/c1-10-6-13(15)3-2-12(10)4-5-16-8-11-7-14(17(18)19)20-9-11/h2-3,6-7,9,16H,4-5,8H2,1H3. The molecule has 0 unspecified atom stereocenters. The van der Waals surface area contributed by atoms with Gasteiger partial charge in [-0.05, 0) is 48.7 Å². The highest BCUT2D eigenvalue weighted by molar-refractivity contribution is 7.13. The van der Waals surface area contributed by atoms with Crippen LogP contribution in [0, 0.1) is 22.9 Å². The normalized spacial score (nSPS) is 10.7. The number of aryl methyl sites for hydroxylation is 1. The van der Waals surface area contributed by atoms with E-state index >= 15 is 0 Å². The SMILES string of the molecule is Cc1cc(F)ccc1CCNCc1csc([N+](=O)[O-])c1. The Morgan fingerprint density at radius 1 is 1.40 bits per heavy atom. The summed E-state index contributed by atoms with van der Waals surface area (Å²) in [4.78, 5) is 10.2. The van der Waals surface area contributed by atoms with E-state index in [1.54, 1.807) is 17.5 Å². The van der Waals surface area contributed by atoms with Crippen molar-refractivity contribution in [3.05, 3.63) is 62.3 Å². The number of hydrogen-bond donors (Lipinski definition) is 1. The maximum absolute atomic E-state index is 13.0. The molecule has 2 aromatic rings. The van der Waals surface area contributed by atoms with Crippen molar-refractivity contribution < 1.29 is 9.31 Å². The predicted octanol–water partition coefficient (Wildman–Crippen LogP) is 3.44. The molecule has 0 aliphatic carbocycles. The molecule has 6 heteroatoms. The highest BCUT2D eigenvalue weighted by Crippen LogP contribution is 2.22. The van der Waals surface area contributed by atoms with Crippen LogP contribution in [0.2, 0.25) is 0 Å². The summed E-state index contributed by atoms with van der Waals surface area (Å²) < 4.78 is 13.0. The fourth-order valence-electron chi connectivity index (χ4n) is 1.95. The van der Waals surface area contributed by atoms with Gasteiger partial charge >= 0.3 is 5.00 Å². The smallest absolute Gasteiger partial charge is 0.312 e. The average Bonchev–Trinajstić information content (AvgIpc) is 2.85. The van der Waals surface area contributed by atoms with Crippen molar-refractivity contribution in [3.63, 3.8) is 0 Å². The number of nitrogens with zero attached hydrogens (tertiary/aromatic N) is 1. The molecule has 106 valence electrons. The van der Waals surface area contributed by atoms with E-state index in [9.17, 15) is 14.5 Å². The molecule has 0 aliphatic heterocycles. The van der Waals surface area contributed by atoms with E-state index < -0.39 is 0 Å². The van der Waals surface area contributed by atoms with Crippen molar-refractivity contribution in [1.82, 2.24) is 5.32 Å². The van der Waals surface area contributed by atoms with Crippen molar-refractivity contribution in [2.45, 2.75) is 19.9 Å². The summed E-state index contributed by atoms with van der Waals surface area (Å²) in [5, 5.41) is 15.7. The van der Waals surface area contributed by atoms with E-state index in [4.69, 9.17) is 0 Å². The van der Waals surface area contributed by atoms with Crippen LogP contribution in [0.5, 0.6) is 0 Å². The summed E-state index contributed by atoms with van der Waals surface area (Å²) in [6.07, 6.45) is 0.804. The molecule has 0 spiro atoms. The highest BCUT2D eigenvalue weighted by Gasteiger charge is 2.09. The number of thiophene rings is 1. The number of halogens is 1. The minimum atomic E-state index is -0.379. The van der Waals surface area contributed by atoms with E-state index in [1.165, 1.54) is 12.1 Å². The first-order valence-electron chi connectivity index (χ1n) is 6.24. The van der Waals surface area contributed by atoms with Crippen molar-refractivity contribution in [2.24, 2.45) is 0 Å². The molecule has 1 N–H and O–H groups in total. The van der Waals surface area contributed by atoms with Gasteiger partial charge in [0.2, 0.25) is 0 Å². The van der Waals surface area contributed by atoms with Gasteiger partial charge in [-0.25, -0.2) is 4.39 Å². The Hall–Kier alpha value is -1.79. The quantitative estimate of drug-likeness (QED) is 0.504. The number of nitro groups is 1. The topological polar surface area (TPSA) is 55.2 Å². The Balaban J connectivity index is 1.79. The van der Waals surface area contributed by atoms with Crippen molar-refractivity contribution in [1.29, 1.82) is 0 Å². The Morgan fingerprint density at radius 2 is 2.20 bits per heavy atom. The van der Waals surface area contributed by atoms with Crippen molar-refractivity contribution in [3.8, 4) is 0 Å². The first kappa shape index (κ1) is 14.6. The second-order valence-corrected chi connectivity index (χ2v) is 5.44. The molecule has 4 nitrogen and oxygen atoms in total. The van der Waals surface area contributed by atoms with Gasteiger partial charge in [-0.15, -0.1) is 0 Å². The number of nitrogens with one attached hydrogen (secondary N) is 1. The minimum absolute atomic E-state index is 0.163. The third-order valence-corrected chi connectivity index (χ3v) is 3.95. The molecule has 0 aliphatic rings. The Labute approximate surface area is 120 Å². The lowest BCUT2D eigenvalue weighted by atomic mass is 10.1. The lowest BCUT2D eigenvalue weighted by Crippen LogP contribution is -2.16. The third kappa shape index (κ3) is 3.85. The van der Waals surface area contributed by atoms with Crippen LogP contribution in [0.25, 0.3) is 0 Å². The summed E-state index contributed by atoms with van der Waals surface area (Å²) in [5.41, 5.74) is 2.96. The van der Waals surface area contributed by atoms with E-state index in [-0.39, 0.29) is 15.7 Å². The van der Waals surface area contributed by atoms with Crippen LogP contribution in [-0.2, 0) is 13.0 Å². The van der Waals surface area contributed by atoms with Gasteiger partial charge in [0.1, 0.15) is 5.82 Å². The van der Waals surface area contributed by atoms with Gasteiger partial charge in [0, 0.05) is 18.0 Å². The van der Waals surface area contributed by atoms with Crippen LogP contribution in [0.1, 0.15) is 16.7 Å². The van der Waals surface area contributed by atoms with Crippen LogP contribution in [0.15, 0.2) is 29.6 Å². The average molecular weight is 294 g/mol. The molecule has 0 saturated carbocycles. The first-order valence-corrected chi connectivity index (χ1v) is 7.12. The molecule has 0 amide bonds. The molecule has 1 heterocycles. The molecule has 0 saturated heterocycles. The van der Waals surface area contributed by atoms with Gasteiger partial charge in [-0.1, -0.05) is 17.4 Å². The van der Waals surface area contributed by atoms with Crippen LogP contribution in [0.3, 0.4) is 0 Å². The number of hydrogen-bond acceptors (Lipinski definition) is 4. The summed E-state index contributed by atoms with van der Waals surface area (Å²) in [7, 11) is 0. The zero-order chi connectivity index (χ0) is 14.5. The molecule has 0 atom stereocenters. The van der Waals surface area contributed by atoms with E-state index in [1.807, 2.05) is 6.92 Å². The zero-order valence-electron chi connectivity index (χ0n) is 11.1. The molecule has 20 heavy (non-hydrogen) atoms. The Kier molecular flexibility index (Phi) is 4.81. The van der Waals surface area contributed by atoms with Crippen LogP contribution in [0.4, 0.5) is 9.39 Å². The van der Waals surface area contributed by atoms with Gasteiger partial charge in [0.15, 0.2) is 0 Å². The highest BCUT2D eigenvalue weighted by atomic mass is 32.1. The summed E-state index contributed by atoms with van der Waals surface area (Å²) in [6, 6.07) is 6.37. The van der Waals surface area contributed by atoms with Gasteiger partial charge in [0.05, 0.1) is 4.92 Å². The van der Waals surface area contributed by atoms with Crippen LogP contribution >= 0.6 is 11.3 Å². The lowest BCUT2D eigenvalue weighted by molar-refractivity contribution is -0.380. The molecule has 1 aromatic carbocycles. The zero-order valence-corrected chi connectivity index (χ0v) is 11.9. The van der Waals surface area contributed by atoms with Gasteiger partial charge in [-0.3, -0.25) is 10.1 Å². The minimum Gasteiger partial charge on any atom is -0.312 e. The molecular weight excluding hydrogens is 279 g/mol. The van der Waals surface area contributed by atoms with Gasteiger partial charge in [-0.2, -0.15) is 0 Å². The fourth-order valence-corrected chi connectivity index (χ4v) is 2.68. The van der Waals surface area contributed by atoms with Gasteiger partial charge < -0.3 is 5.32 Å². The monoisotopic (exact) mass is 294 g/mol. The van der Waals surface area contributed by atoms with E-state index in [0.717, 1.165) is 41.0 Å². The Bertz CT molecular complexity index is 613. The first-order chi connectivity index (χ1) is 9.56. The Morgan fingerprint density at radius 3 is 2.85 bits per heavy atom. The van der Waals surface area contributed by atoms with E-state index in [2.05, 4.69) is 5.32 Å². The lowest BCUT2D eigenvalue weighted by Gasteiger charge is -2.06. The molecule has 2 rings (SSSR count). The second-order valence-electron chi connectivity index (χ2n) is 4.55. The predicted molar refractivity (Wildman–Crippen MR) is 77.5 cm³/mol. The van der Waals surface area contributed by atoms with Crippen molar-refractivity contribution in [2.75, 3.05) is 6.54 Å². The molecule has 0 radical (unpaired) electrons. The number of benzene rings is 1. The summed E-state index contributed by atoms with van der Waals surface area (Å²) >= 11 is 1.14. The van der Waals surface area contributed by atoms with E-state index in [0.29, 0.717) is 6.54 Å². The molecule has 0 fully saturated rings. The second kappa shape index (κ2) is 6.58. The van der Waals surface area contributed by atoms with Gasteiger partial charge in [0.25, 0.3) is 0 Å². The molecular formula is C14H15FN2O2S. The maximum atomic E-state index is 13.0. The van der Waals surface area contributed by atoms with Crippen molar-refractivity contribution >= 4 is 16.3 Å². The van der Waals surface area contributed by atoms with Crippen LogP contribution in [-0.4, -0.2) is 11.5 Å². The van der Waals surface area contributed by atoms with Crippen LogP contribution < -0.4 is 5.32 Å². The molecule has 0 bridgehead atoms. The largest absolute Gasteiger partial charge is 0.324 e. The third-order valence-electron chi connectivity index (χ3n) is 3.02. The fraction of sp³-hybridized carbons (Fsp3) is 0.286. The maximum Gasteiger partial charge on any atom is 0.324 e. The summed E-state index contributed by atoms with van der Waals surface area (Å²) in [6.45, 7) is 3.24. The number of rotatable bonds is 6.